The van der Waals surface area contributed by atoms with Crippen LogP contribution in [0, 0.1) is 0 Å². The van der Waals surface area contributed by atoms with Gasteiger partial charge in [0.2, 0.25) is 0 Å². The fourth-order valence-corrected chi connectivity index (χ4v) is 1.45. The predicted molar refractivity (Wildman–Crippen MR) is 32.3 cm³/mol. The first-order chi connectivity index (χ1) is 3.93. The summed E-state index contributed by atoms with van der Waals surface area (Å²) in [6.45, 7) is 0. The van der Waals surface area contributed by atoms with Gasteiger partial charge in [0.15, 0.2) is 0 Å². The highest BCUT2D eigenvalue weighted by Gasteiger charge is 2.18. The topological polar surface area (TPSA) is 26.3 Å². The summed E-state index contributed by atoms with van der Waals surface area (Å²) >= 11 is 0. The first-order valence-corrected chi connectivity index (χ1v) is 3.78. The third-order valence-corrected chi connectivity index (χ3v) is 1.95. The lowest BCUT2D eigenvalue weighted by Gasteiger charge is -1.93. The minimum atomic E-state index is -0.558. The summed E-state index contributed by atoms with van der Waals surface area (Å²) in [6.07, 6.45) is 5.01. The highest BCUT2D eigenvalue weighted by Crippen LogP contribution is 2.23. The minimum absolute atomic E-state index is 0.311. The van der Waals surface area contributed by atoms with Gasteiger partial charge >= 0.3 is 8.69 Å². The van der Waals surface area contributed by atoms with Crippen molar-refractivity contribution in [3.8, 4) is 0 Å². The van der Waals surface area contributed by atoms with Crippen LogP contribution in [0.15, 0.2) is 0 Å². The molecule has 3 heteroatoms. The van der Waals surface area contributed by atoms with Gasteiger partial charge < -0.3 is 0 Å². The van der Waals surface area contributed by atoms with Crippen molar-refractivity contribution in [1.82, 2.24) is 0 Å². The van der Waals surface area contributed by atoms with Gasteiger partial charge in [0.25, 0.3) is 0 Å². The molecule has 46 valence electrons. The van der Waals surface area contributed by atoms with Crippen LogP contribution in [0.5, 0.6) is 0 Å². The molecule has 1 rings (SSSR count). The van der Waals surface area contributed by atoms with E-state index in [4.69, 9.17) is 4.52 Å². The van der Waals surface area contributed by atoms with Crippen LogP contribution in [0.4, 0.5) is 0 Å². The van der Waals surface area contributed by atoms with Crippen LogP contribution in [0.2, 0.25) is 0 Å². The third kappa shape index (κ3) is 1.53. The Balaban J connectivity index is 2.14. The average molecular weight is 133 g/mol. The van der Waals surface area contributed by atoms with E-state index in [2.05, 4.69) is 0 Å². The highest BCUT2D eigenvalue weighted by atomic mass is 31.1. The van der Waals surface area contributed by atoms with Crippen molar-refractivity contribution >= 4 is 8.69 Å². The van der Waals surface area contributed by atoms with E-state index in [9.17, 15) is 4.57 Å². The molecule has 0 spiro atoms. The Morgan fingerprint density at radius 2 is 2.00 bits per heavy atom. The maximum Gasteiger partial charge on any atom is 0.494 e. The van der Waals surface area contributed by atoms with E-state index in [1.807, 2.05) is 0 Å². The number of hydrogen-bond donors (Lipinski definition) is 0. The molecule has 0 bridgehead atoms. The lowest BCUT2D eigenvalue weighted by atomic mass is 10.3. The van der Waals surface area contributed by atoms with Gasteiger partial charge in [0, 0.05) is 0 Å². The van der Waals surface area contributed by atoms with Crippen molar-refractivity contribution in [2.24, 2.45) is 0 Å². The number of rotatable bonds is 2. The highest BCUT2D eigenvalue weighted by molar-refractivity contribution is 7.17. The molecule has 1 unspecified atom stereocenters. The first kappa shape index (κ1) is 6.18. The molecule has 2 nitrogen and oxygen atoms in total. The Morgan fingerprint density at radius 1 is 1.38 bits per heavy atom. The van der Waals surface area contributed by atoms with E-state index in [0.29, 0.717) is 6.10 Å². The summed E-state index contributed by atoms with van der Waals surface area (Å²) in [4.78, 5) is 0. The van der Waals surface area contributed by atoms with E-state index >= 15 is 0 Å². The van der Waals surface area contributed by atoms with Crippen molar-refractivity contribution < 1.29 is 9.09 Å². The normalized spacial score (nSPS) is 22.5. The van der Waals surface area contributed by atoms with Crippen molar-refractivity contribution in [1.29, 1.82) is 0 Å². The smallest absolute Gasteiger partial charge is 0.145 e. The van der Waals surface area contributed by atoms with E-state index < -0.39 is 8.69 Å². The van der Waals surface area contributed by atoms with Crippen LogP contribution in [-0.4, -0.2) is 6.10 Å². The Hall–Kier alpha value is 0.0600. The predicted octanol–water partition coefficient (Wildman–Crippen LogP) is 1.88. The van der Waals surface area contributed by atoms with Crippen LogP contribution in [0.1, 0.15) is 25.7 Å². The van der Waals surface area contributed by atoms with E-state index in [1.54, 1.807) is 0 Å². The van der Waals surface area contributed by atoms with Gasteiger partial charge in [0.05, 0.1) is 0 Å². The van der Waals surface area contributed by atoms with Gasteiger partial charge in [-0.3, -0.25) is 0 Å². The molecule has 0 heterocycles. The van der Waals surface area contributed by atoms with Crippen LogP contribution >= 0.6 is 8.69 Å². The first-order valence-electron chi connectivity index (χ1n) is 2.96. The molecule has 0 radical (unpaired) electrons. The fraction of sp³-hybridized carbons (Fsp3) is 1.00. The number of hydrogen-bond acceptors (Lipinski definition) is 2. The molecule has 8 heavy (non-hydrogen) atoms. The average Bonchev–Trinajstić information content (AvgIpc) is 2.19. The molecule has 1 fully saturated rings. The standard InChI is InChI=1S/C5H10O2P/c6-8-7-5-3-1-2-4-5/h5,8H,1-4H2/q+1. The largest absolute Gasteiger partial charge is 0.494 e. The molecule has 0 N–H and O–H groups in total. The lowest BCUT2D eigenvalue weighted by Crippen LogP contribution is -1.97. The maximum absolute atomic E-state index is 9.89. The van der Waals surface area contributed by atoms with Crippen LogP contribution < -0.4 is 0 Å². The second-order valence-electron chi connectivity index (χ2n) is 2.11. The zero-order valence-electron chi connectivity index (χ0n) is 4.72. The molecule has 0 aromatic carbocycles. The zero-order chi connectivity index (χ0) is 5.82. The van der Waals surface area contributed by atoms with Gasteiger partial charge in [0.1, 0.15) is 6.10 Å². The van der Waals surface area contributed by atoms with Gasteiger partial charge in [-0.2, -0.15) is 0 Å². The molecule has 0 aromatic heterocycles. The monoisotopic (exact) mass is 133 g/mol. The molecule has 0 saturated heterocycles. The van der Waals surface area contributed by atoms with E-state index in [0.717, 1.165) is 12.8 Å². The minimum Gasteiger partial charge on any atom is -0.145 e. The summed E-state index contributed by atoms with van der Waals surface area (Å²) in [5.74, 6) is 0. The molecule has 1 saturated carbocycles. The molecule has 0 amide bonds. The molecule has 1 aliphatic rings. The van der Waals surface area contributed by atoms with E-state index in [-0.39, 0.29) is 0 Å². The summed E-state index contributed by atoms with van der Waals surface area (Å²) in [7, 11) is -0.558. The second-order valence-corrected chi connectivity index (χ2v) is 2.51. The summed E-state index contributed by atoms with van der Waals surface area (Å²) in [6, 6.07) is 0. The fourth-order valence-electron chi connectivity index (χ4n) is 1.07. The van der Waals surface area contributed by atoms with E-state index in [1.165, 1.54) is 12.8 Å². The molecule has 0 aromatic rings. The Labute approximate surface area is 50.5 Å². The Morgan fingerprint density at radius 3 is 2.50 bits per heavy atom. The van der Waals surface area contributed by atoms with Crippen LogP contribution in [0.3, 0.4) is 0 Å². The van der Waals surface area contributed by atoms with Crippen molar-refractivity contribution in [3.63, 3.8) is 0 Å². The van der Waals surface area contributed by atoms with Crippen LogP contribution in [0.25, 0.3) is 0 Å². The molecular weight excluding hydrogens is 123 g/mol. The quantitative estimate of drug-likeness (QED) is 0.537. The zero-order valence-corrected chi connectivity index (χ0v) is 5.72. The Kier molecular flexibility index (Phi) is 2.44. The van der Waals surface area contributed by atoms with Crippen molar-refractivity contribution in [2.45, 2.75) is 31.8 Å². The van der Waals surface area contributed by atoms with Crippen molar-refractivity contribution in [2.75, 3.05) is 0 Å². The Bertz CT molecular complexity index is 78.5. The second kappa shape index (κ2) is 3.16. The summed E-state index contributed by atoms with van der Waals surface area (Å²) in [5.41, 5.74) is 0. The summed E-state index contributed by atoms with van der Waals surface area (Å²) in [5, 5.41) is 0. The van der Waals surface area contributed by atoms with Gasteiger partial charge in [-0.05, 0) is 17.4 Å². The maximum atomic E-state index is 9.89. The molecule has 0 aliphatic heterocycles. The molecule has 1 aliphatic carbocycles. The summed E-state index contributed by atoms with van der Waals surface area (Å²) < 4.78 is 14.8. The molecule has 1 atom stereocenters. The van der Waals surface area contributed by atoms with Gasteiger partial charge in [-0.25, -0.2) is 0 Å². The third-order valence-electron chi connectivity index (χ3n) is 1.52. The van der Waals surface area contributed by atoms with Gasteiger partial charge in [-0.1, -0.05) is 12.8 Å². The molecular formula is C5H10O2P+. The lowest BCUT2D eigenvalue weighted by molar-refractivity contribution is 0.232. The SMILES string of the molecule is O=[PH+]OC1CCCC1. The van der Waals surface area contributed by atoms with Crippen molar-refractivity contribution in [3.05, 3.63) is 0 Å². The van der Waals surface area contributed by atoms with Gasteiger partial charge in [-0.15, -0.1) is 4.52 Å². The van der Waals surface area contributed by atoms with Crippen LogP contribution in [-0.2, 0) is 9.09 Å².